The van der Waals surface area contributed by atoms with Crippen LogP contribution < -0.4 is 9.47 Å². The van der Waals surface area contributed by atoms with Crippen LogP contribution in [0, 0.1) is 0 Å². The van der Waals surface area contributed by atoms with Gasteiger partial charge in [0.1, 0.15) is 0 Å². The van der Waals surface area contributed by atoms with Crippen molar-refractivity contribution in [2.24, 2.45) is 0 Å². The van der Waals surface area contributed by atoms with Gasteiger partial charge in [0, 0.05) is 12.2 Å². The molecule has 0 aliphatic rings. The maximum absolute atomic E-state index is 11.7. The number of hydrogen-bond donors (Lipinski definition) is 0. The van der Waals surface area contributed by atoms with Gasteiger partial charge in [0.2, 0.25) is 0 Å². The summed E-state index contributed by atoms with van der Waals surface area (Å²) in [6.07, 6.45) is 2.15. The molecule has 1 aromatic carbocycles. The zero-order valence-corrected chi connectivity index (χ0v) is 12.4. The third-order valence-corrected chi connectivity index (χ3v) is 2.46. The number of para-hydroxylation sites is 1. The molecular formula is C15H14O8. The van der Waals surface area contributed by atoms with E-state index in [0.717, 1.165) is 19.3 Å². The van der Waals surface area contributed by atoms with Gasteiger partial charge in [0.25, 0.3) is 0 Å². The molecule has 0 saturated carbocycles. The zero-order valence-electron chi connectivity index (χ0n) is 12.4. The fourth-order valence-electron chi connectivity index (χ4n) is 1.42. The number of aldehydes is 1. The van der Waals surface area contributed by atoms with Crippen LogP contribution in [-0.4, -0.2) is 45.0 Å². The molecule has 0 bridgehead atoms. The topological polar surface area (TPSA) is 105 Å². The summed E-state index contributed by atoms with van der Waals surface area (Å²) in [5.41, 5.74) is 0.106. The van der Waals surface area contributed by atoms with Crippen molar-refractivity contribution >= 4 is 24.2 Å². The van der Waals surface area contributed by atoms with E-state index in [1.165, 1.54) is 19.2 Å². The van der Waals surface area contributed by atoms with Crippen molar-refractivity contribution in [1.82, 2.24) is 0 Å². The van der Waals surface area contributed by atoms with Crippen LogP contribution in [0.25, 0.3) is 0 Å². The summed E-state index contributed by atoms with van der Waals surface area (Å²) in [5, 5.41) is 0. The van der Waals surface area contributed by atoms with Crippen LogP contribution in [0.5, 0.6) is 11.5 Å². The van der Waals surface area contributed by atoms with E-state index in [1.807, 2.05) is 0 Å². The summed E-state index contributed by atoms with van der Waals surface area (Å²) >= 11 is 0. The van der Waals surface area contributed by atoms with E-state index in [-0.39, 0.29) is 17.1 Å². The first-order valence-corrected chi connectivity index (χ1v) is 6.27. The number of methoxy groups -OCH3 is 2. The molecule has 0 unspecified atom stereocenters. The van der Waals surface area contributed by atoms with Crippen LogP contribution in [0.1, 0.15) is 10.4 Å². The Kier molecular flexibility index (Phi) is 6.99. The number of carbonyl (C=O) groups excluding carboxylic acids is 4. The summed E-state index contributed by atoms with van der Waals surface area (Å²) in [6, 6.07) is 4.49. The molecule has 23 heavy (non-hydrogen) atoms. The minimum Gasteiger partial charge on any atom is -0.493 e. The van der Waals surface area contributed by atoms with Crippen LogP contribution >= 0.6 is 0 Å². The number of benzene rings is 1. The minimum atomic E-state index is -0.928. The van der Waals surface area contributed by atoms with Gasteiger partial charge in [-0.05, 0) is 12.1 Å². The summed E-state index contributed by atoms with van der Waals surface area (Å²) in [6.45, 7) is -0.708. The molecule has 8 heteroatoms. The Morgan fingerprint density at radius 2 is 1.78 bits per heavy atom. The van der Waals surface area contributed by atoms with Crippen LogP contribution in [0.2, 0.25) is 0 Å². The normalized spacial score (nSPS) is 10.0. The first-order valence-electron chi connectivity index (χ1n) is 6.27. The highest BCUT2D eigenvalue weighted by atomic mass is 16.6. The molecule has 0 aromatic heterocycles. The largest absolute Gasteiger partial charge is 0.493 e. The molecule has 0 fully saturated rings. The standard InChI is InChI=1S/C15H14O8/c1-20-11-5-3-4-10(8-16)15(11)23-14(19)9-22-13(18)7-6-12(17)21-2/h3-8H,9H2,1-2H3. The highest BCUT2D eigenvalue weighted by molar-refractivity contribution is 5.92. The van der Waals surface area contributed by atoms with Gasteiger partial charge in [0.15, 0.2) is 24.4 Å². The van der Waals surface area contributed by atoms with Crippen molar-refractivity contribution in [3.63, 3.8) is 0 Å². The first-order chi connectivity index (χ1) is 11.0. The lowest BCUT2D eigenvalue weighted by Gasteiger charge is -2.10. The second-order valence-electron chi connectivity index (χ2n) is 3.93. The van der Waals surface area contributed by atoms with Crippen LogP contribution in [0.15, 0.2) is 30.4 Å². The number of rotatable bonds is 7. The van der Waals surface area contributed by atoms with Crippen molar-refractivity contribution in [2.45, 2.75) is 0 Å². The van der Waals surface area contributed by atoms with E-state index in [2.05, 4.69) is 9.47 Å². The second kappa shape index (κ2) is 8.98. The van der Waals surface area contributed by atoms with Crippen molar-refractivity contribution in [3.05, 3.63) is 35.9 Å². The van der Waals surface area contributed by atoms with E-state index < -0.39 is 24.5 Å². The van der Waals surface area contributed by atoms with E-state index >= 15 is 0 Å². The SMILES string of the molecule is COC(=O)C=CC(=O)OCC(=O)Oc1c(C=O)cccc1OC. The molecule has 0 atom stereocenters. The molecule has 0 radical (unpaired) electrons. The average Bonchev–Trinajstić information content (AvgIpc) is 2.57. The summed E-state index contributed by atoms with van der Waals surface area (Å²) < 4.78 is 18.8. The summed E-state index contributed by atoms with van der Waals surface area (Å²) in [7, 11) is 2.49. The van der Waals surface area contributed by atoms with Crippen molar-refractivity contribution in [2.75, 3.05) is 20.8 Å². The average molecular weight is 322 g/mol. The monoisotopic (exact) mass is 322 g/mol. The Morgan fingerprint density at radius 3 is 2.39 bits per heavy atom. The van der Waals surface area contributed by atoms with Gasteiger partial charge in [-0.3, -0.25) is 4.79 Å². The lowest BCUT2D eigenvalue weighted by Crippen LogP contribution is -2.19. The molecular weight excluding hydrogens is 308 g/mol. The van der Waals surface area contributed by atoms with Crippen LogP contribution in [0.3, 0.4) is 0 Å². The van der Waals surface area contributed by atoms with Gasteiger partial charge < -0.3 is 18.9 Å². The Morgan fingerprint density at radius 1 is 1.09 bits per heavy atom. The van der Waals surface area contributed by atoms with Crippen molar-refractivity contribution in [1.29, 1.82) is 0 Å². The Bertz CT molecular complexity index is 632. The minimum absolute atomic E-state index is 0.0730. The fraction of sp³-hybridized carbons (Fsp3) is 0.200. The van der Waals surface area contributed by atoms with Crippen molar-refractivity contribution < 1.29 is 38.1 Å². The molecule has 1 aromatic rings. The molecule has 122 valence electrons. The quantitative estimate of drug-likeness (QED) is 0.312. The smallest absolute Gasteiger partial charge is 0.349 e. The van der Waals surface area contributed by atoms with E-state index in [1.54, 1.807) is 6.07 Å². The lowest BCUT2D eigenvalue weighted by molar-refractivity contribution is -0.150. The molecule has 0 N–H and O–H groups in total. The molecule has 0 aliphatic carbocycles. The van der Waals surface area contributed by atoms with Gasteiger partial charge in [0.05, 0.1) is 19.8 Å². The summed E-state index contributed by atoms with van der Waals surface area (Å²) in [5.74, 6) is -2.48. The first kappa shape index (κ1) is 17.9. The predicted molar refractivity (Wildman–Crippen MR) is 76.1 cm³/mol. The molecule has 0 saturated heterocycles. The van der Waals surface area contributed by atoms with Crippen LogP contribution in [0.4, 0.5) is 0 Å². The number of esters is 3. The molecule has 0 spiro atoms. The second-order valence-corrected chi connectivity index (χ2v) is 3.93. The number of carbonyl (C=O) groups is 4. The van der Waals surface area contributed by atoms with Gasteiger partial charge in [-0.25, -0.2) is 14.4 Å². The highest BCUT2D eigenvalue weighted by Gasteiger charge is 2.15. The van der Waals surface area contributed by atoms with E-state index in [0.29, 0.717) is 6.29 Å². The van der Waals surface area contributed by atoms with Gasteiger partial charge >= 0.3 is 17.9 Å². The van der Waals surface area contributed by atoms with E-state index in [4.69, 9.17) is 9.47 Å². The predicted octanol–water partition coefficient (Wildman–Crippen LogP) is 0.685. The van der Waals surface area contributed by atoms with Crippen LogP contribution in [-0.2, 0) is 23.9 Å². The molecule has 0 aliphatic heterocycles. The molecule has 1 rings (SSSR count). The zero-order chi connectivity index (χ0) is 17.2. The fourth-order valence-corrected chi connectivity index (χ4v) is 1.42. The third kappa shape index (κ3) is 5.62. The Balaban J connectivity index is 2.64. The van der Waals surface area contributed by atoms with Crippen molar-refractivity contribution in [3.8, 4) is 11.5 Å². The van der Waals surface area contributed by atoms with Gasteiger partial charge in [-0.15, -0.1) is 0 Å². The maximum Gasteiger partial charge on any atom is 0.349 e. The molecule has 0 amide bonds. The number of ether oxygens (including phenoxy) is 4. The van der Waals surface area contributed by atoms with Gasteiger partial charge in [-0.1, -0.05) is 6.07 Å². The van der Waals surface area contributed by atoms with Gasteiger partial charge in [-0.2, -0.15) is 0 Å². The molecule has 0 heterocycles. The maximum atomic E-state index is 11.7. The highest BCUT2D eigenvalue weighted by Crippen LogP contribution is 2.30. The Hall–Kier alpha value is -3.16. The molecule has 8 nitrogen and oxygen atoms in total. The number of hydrogen-bond acceptors (Lipinski definition) is 8. The Labute approximate surface area is 131 Å². The summed E-state index contributed by atoms with van der Waals surface area (Å²) in [4.78, 5) is 44.6. The van der Waals surface area contributed by atoms with E-state index in [9.17, 15) is 19.2 Å². The lowest BCUT2D eigenvalue weighted by atomic mass is 10.2. The third-order valence-electron chi connectivity index (χ3n) is 2.46.